The summed E-state index contributed by atoms with van der Waals surface area (Å²) in [5.74, 6) is 0.280. The van der Waals surface area contributed by atoms with Crippen molar-refractivity contribution >= 4 is 5.91 Å². The summed E-state index contributed by atoms with van der Waals surface area (Å²) in [6.07, 6.45) is 0.387. The van der Waals surface area contributed by atoms with Gasteiger partial charge in [0.05, 0.1) is 12.6 Å². The first-order chi connectivity index (χ1) is 9.15. The number of nitrogens with two attached hydrogens (primary N) is 1. The largest absolute Gasteiger partial charge is 0.508 e. The Kier molecular flexibility index (Phi) is 4.04. The molecule has 0 unspecified atom stereocenters. The molecule has 0 aliphatic carbocycles. The van der Waals surface area contributed by atoms with Gasteiger partial charge in [-0.05, 0) is 24.1 Å². The lowest BCUT2D eigenvalue weighted by atomic mass is 10.1. The van der Waals surface area contributed by atoms with E-state index < -0.39 is 6.04 Å². The van der Waals surface area contributed by atoms with Crippen LogP contribution in [0.4, 0.5) is 0 Å². The van der Waals surface area contributed by atoms with Crippen LogP contribution in [0.15, 0.2) is 24.3 Å². The zero-order valence-electron chi connectivity index (χ0n) is 10.1. The molecule has 100 valence electrons. The zero-order chi connectivity index (χ0) is 13.7. The van der Waals surface area contributed by atoms with Gasteiger partial charge in [0, 0.05) is 0 Å². The normalized spacial score (nSPS) is 12.1. The Morgan fingerprint density at radius 3 is 2.79 bits per heavy atom. The number of carbonyl (C=O) groups is 1. The highest BCUT2D eigenvalue weighted by molar-refractivity contribution is 5.81. The van der Waals surface area contributed by atoms with E-state index >= 15 is 0 Å². The van der Waals surface area contributed by atoms with E-state index in [4.69, 9.17) is 10.8 Å². The minimum atomic E-state index is -0.670. The maximum absolute atomic E-state index is 11.7. The van der Waals surface area contributed by atoms with Crippen molar-refractivity contribution in [2.45, 2.75) is 19.0 Å². The quantitative estimate of drug-likeness (QED) is 0.552. The fourth-order valence-electron chi connectivity index (χ4n) is 1.53. The van der Waals surface area contributed by atoms with Gasteiger partial charge >= 0.3 is 0 Å². The summed E-state index contributed by atoms with van der Waals surface area (Å²) in [4.78, 5) is 11.7. The van der Waals surface area contributed by atoms with Gasteiger partial charge in [0.25, 0.3) is 0 Å². The fraction of sp³-hybridized carbons (Fsp3) is 0.273. The number of aromatic nitrogens is 4. The lowest BCUT2D eigenvalue weighted by molar-refractivity contribution is -0.122. The molecule has 1 atom stereocenters. The Balaban J connectivity index is 1.83. The van der Waals surface area contributed by atoms with E-state index in [2.05, 4.69) is 25.9 Å². The van der Waals surface area contributed by atoms with Gasteiger partial charge in [-0.3, -0.25) is 4.79 Å². The third-order valence-electron chi connectivity index (χ3n) is 2.54. The van der Waals surface area contributed by atoms with Crippen LogP contribution in [-0.4, -0.2) is 37.7 Å². The molecule has 1 amide bonds. The number of benzene rings is 1. The fourth-order valence-corrected chi connectivity index (χ4v) is 1.53. The van der Waals surface area contributed by atoms with E-state index in [0.717, 1.165) is 5.56 Å². The molecule has 1 heterocycles. The second-order valence-corrected chi connectivity index (χ2v) is 4.02. The molecule has 19 heavy (non-hydrogen) atoms. The molecule has 0 aliphatic heterocycles. The molecule has 1 aromatic heterocycles. The number of nitrogens with one attached hydrogen (secondary N) is 2. The van der Waals surface area contributed by atoms with Crippen molar-refractivity contribution < 1.29 is 9.90 Å². The number of aromatic hydroxyl groups is 1. The van der Waals surface area contributed by atoms with Crippen LogP contribution in [-0.2, 0) is 17.8 Å². The third kappa shape index (κ3) is 3.75. The SMILES string of the molecule is N[C@@H](Cc1ccc(O)cc1)C(=O)NCc1nn[nH]n1. The lowest BCUT2D eigenvalue weighted by Crippen LogP contribution is -2.41. The Bertz CT molecular complexity index is 525. The van der Waals surface area contributed by atoms with E-state index in [-0.39, 0.29) is 18.2 Å². The highest BCUT2D eigenvalue weighted by Gasteiger charge is 2.14. The molecular weight excluding hydrogens is 248 g/mol. The molecule has 8 heteroatoms. The number of nitrogens with zero attached hydrogens (tertiary/aromatic N) is 3. The molecule has 0 spiro atoms. The maximum Gasteiger partial charge on any atom is 0.237 e. The minimum absolute atomic E-state index is 0.179. The predicted octanol–water partition coefficient (Wildman–Crippen LogP) is -0.909. The van der Waals surface area contributed by atoms with Crippen LogP contribution >= 0.6 is 0 Å². The molecule has 0 fully saturated rings. The monoisotopic (exact) mass is 262 g/mol. The molecular formula is C11H14N6O2. The van der Waals surface area contributed by atoms with Crippen molar-refractivity contribution in [3.8, 4) is 5.75 Å². The van der Waals surface area contributed by atoms with Gasteiger partial charge in [-0.1, -0.05) is 17.3 Å². The summed E-state index contributed by atoms with van der Waals surface area (Å²) >= 11 is 0. The van der Waals surface area contributed by atoms with Crippen LogP contribution in [0.1, 0.15) is 11.4 Å². The topological polar surface area (TPSA) is 130 Å². The Morgan fingerprint density at radius 2 is 2.16 bits per heavy atom. The van der Waals surface area contributed by atoms with Crippen molar-refractivity contribution in [1.29, 1.82) is 0 Å². The van der Waals surface area contributed by atoms with Crippen molar-refractivity contribution in [3.05, 3.63) is 35.7 Å². The number of hydrogen-bond acceptors (Lipinski definition) is 6. The van der Waals surface area contributed by atoms with Gasteiger partial charge in [0.15, 0.2) is 5.82 Å². The lowest BCUT2D eigenvalue weighted by Gasteiger charge is -2.11. The van der Waals surface area contributed by atoms with Crippen molar-refractivity contribution in [2.24, 2.45) is 5.73 Å². The third-order valence-corrected chi connectivity index (χ3v) is 2.54. The minimum Gasteiger partial charge on any atom is -0.508 e. The summed E-state index contributed by atoms with van der Waals surface area (Å²) in [6, 6.07) is 5.89. The van der Waals surface area contributed by atoms with E-state index in [1.807, 2.05) is 0 Å². The summed E-state index contributed by atoms with van der Waals surface area (Å²) < 4.78 is 0. The summed E-state index contributed by atoms with van der Waals surface area (Å²) in [5, 5.41) is 24.9. The number of phenols is 1. The van der Waals surface area contributed by atoms with Crippen LogP contribution < -0.4 is 11.1 Å². The van der Waals surface area contributed by atoms with E-state index in [0.29, 0.717) is 12.2 Å². The highest BCUT2D eigenvalue weighted by Crippen LogP contribution is 2.10. The molecule has 2 aromatic rings. The average molecular weight is 262 g/mol. The number of carbonyl (C=O) groups excluding carboxylic acids is 1. The smallest absolute Gasteiger partial charge is 0.237 e. The summed E-state index contributed by atoms with van der Waals surface area (Å²) in [7, 11) is 0. The number of amides is 1. The van der Waals surface area contributed by atoms with Gasteiger partial charge in [0.1, 0.15) is 5.75 Å². The van der Waals surface area contributed by atoms with Crippen LogP contribution in [0.5, 0.6) is 5.75 Å². The molecule has 0 saturated carbocycles. The molecule has 2 rings (SSSR count). The van der Waals surface area contributed by atoms with E-state index in [1.165, 1.54) is 0 Å². The molecule has 5 N–H and O–H groups in total. The first kappa shape index (κ1) is 13.0. The van der Waals surface area contributed by atoms with Crippen LogP contribution in [0.2, 0.25) is 0 Å². The number of tetrazole rings is 1. The van der Waals surface area contributed by atoms with Crippen molar-refractivity contribution in [2.75, 3.05) is 0 Å². The van der Waals surface area contributed by atoms with Crippen molar-refractivity contribution in [1.82, 2.24) is 25.9 Å². The van der Waals surface area contributed by atoms with Gasteiger partial charge in [-0.15, -0.1) is 10.2 Å². The van der Waals surface area contributed by atoms with Crippen molar-refractivity contribution in [3.63, 3.8) is 0 Å². The molecule has 0 aliphatic rings. The zero-order valence-corrected chi connectivity index (χ0v) is 10.1. The molecule has 0 saturated heterocycles. The summed E-state index contributed by atoms with van der Waals surface area (Å²) in [5.41, 5.74) is 6.66. The number of rotatable bonds is 5. The second kappa shape index (κ2) is 5.91. The van der Waals surface area contributed by atoms with Crippen LogP contribution in [0.25, 0.3) is 0 Å². The van der Waals surface area contributed by atoms with Gasteiger partial charge in [-0.2, -0.15) is 5.21 Å². The van der Waals surface area contributed by atoms with Crippen LogP contribution in [0, 0.1) is 0 Å². The summed E-state index contributed by atoms with van der Waals surface area (Å²) in [6.45, 7) is 0.179. The first-order valence-electron chi connectivity index (χ1n) is 5.68. The number of aromatic amines is 1. The number of H-pyrrole nitrogens is 1. The molecule has 1 aromatic carbocycles. The van der Waals surface area contributed by atoms with E-state index in [9.17, 15) is 4.79 Å². The maximum atomic E-state index is 11.7. The van der Waals surface area contributed by atoms with Crippen LogP contribution in [0.3, 0.4) is 0 Å². The Morgan fingerprint density at radius 1 is 1.42 bits per heavy atom. The Hall–Kier alpha value is -2.48. The van der Waals surface area contributed by atoms with Gasteiger partial charge in [-0.25, -0.2) is 0 Å². The molecule has 0 radical (unpaired) electrons. The van der Waals surface area contributed by atoms with Gasteiger partial charge in [0.2, 0.25) is 5.91 Å². The van der Waals surface area contributed by atoms with Gasteiger partial charge < -0.3 is 16.2 Å². The average Bonchev–Trinajstić information content (AvgIpc) is 2.91. The highest BCUT2D eigenvalue weighted by atomic mass is 16.3. The number of phenolic OH excluding ortho intramolecular Hbond substituents is 1. The first-order valence-corrected chi connectivity index (χ1v) is 5.68. The predicted molar refractivity (Wildman–Crippen MR) is 65.8 cm³/mol. The van der Waals surface area contributed by atoms with E-state index in [1.54, 1.807) is 24.3 Å². The molecule has 8 nitrogen and oxygen atoms in total. The number of hydrogen-bond donors (Lipinski definition) is 4. The second-order valence-electron chi connectivity index (χ2n) is 4.02. The Labute approximate surface area is 109 Å². The molecule has 0 bridgehead atoms. The standard InChI is InChI=1S/C11H14N6O2/c12-9(5-7-1-3-8(18)4-2-7)11(19)13-6-10-14-16-17-15-10/h1-4,9,18H,5-6,12H2,(H,13,19)(H,14,15,16,17)/t9-/m0/s1.